The van der Waals surface area contributed by atoms with Gasteiger partial charge in [-0.1, -0.05) is 54.4 Å². The first-order chi connectivity index (χ1) is 14.7. The monoisotopic (exact) mass is 462 g/mol. The number of ether oxygens (including phenoxy) is 1. The third-order valence-electron chi connectivity index (χ3n) is 5.54. The van der Waals surface area contributed by atoms with Crippen LogP contribution in [0.2, 0.25) is 10.0 Å². The fourth-order valence-corrected chi connectivity index (χ4v) is 4.15. The van der Waals surface area contributed by atoms with Gasteiger partial charge in [-0.3, -0.25) is 9.59 Å². The van der Waals surface area contributed by atoms with E-state index in [2.05, 4.69) is 5.32 Å². The minimum Gasteiger partial charge on any atom is -0.495 e. The van der Waals surface area contributed by atoms with Crippen molar-refractivity contribution in [2.24, 2.45) is 7.05 Å². The van der Waals surface area contributed by atoms with Gasteiger partial charge in [0.1, 0.15) is 16.5 Å². The number of carbonyl (C=O) groups excluding carboxylic acids is 1. The lowest BCUT2D eigenvalue weighted by atomic mass is 9.95. The van der Waals surface area contributed by atoms with Crippen molar-refractivity contribution in [3.63, 3.8) is 0 Å². The molecule has 1 amide bonds. The van der Waals surface area contributed by atoms with Gasteiger partial charge < -0.3 is 19.7 Å². The van der Waals surface area contributed by atoms with Gasteiger partial charge in [0.2, 0.25) is 0 Å². The molecule has 2 atom stereocenters. The first-order valence-corrected chi connectivity index (χ1v) is 10.6. The molecule has 0 radical (unpaired) electrons. The van der Waals surface area contributed by atoms with Gasteiger partial charge in [0, 0.05) is 18.5 Å². The van der Waals surface area contributed by atoms with Crippen LogP contribution in [0.1, 0.15) is 53.8 Å². The number of aryl methyl sites for hydroxylation is 1. The SMILES string of the molecule is CCC(C(=O)O)c1ccc([C@@H](C)NC(=O)c2cc3c(Cl)c(Cl)c(OC)cc3n2C)cc1. The summed E-state index contributed by atoms with van der Waals surface area (Å²) in [6.07, 6.45) is 0.513. The summed E-state index contributed by atoms with van der Waals surface area (Å²) < 4.78 is 7.00. The van der Waals surface area contributed by atoms with Crippen molar-refractivity contribution < 1.29 is 19.4 Å². The van der Waals surface area contributed by atoms with Crippen LogP contribution < -0.4 is 10.1 Å². The van der Waals surface area contributed by atoms with Gasteiger partial charge in [-0.05, 0) is 30.5 Å². The Bertz CT molecular complexity index is 1140. The van der Waals surface area contributed by atoms with E-state index in [4.69, 9.17) is 27.9 Å². The summed E-state index contributed by atoms with van der Waals surface area (Å²) in [7, 11) is 3.28. The van der Waals surface area contributed by atoms with Crippen molar-refractivity contribution in [3.05, 3.63) is 63.3 Å². The molecule has 1 aromatic heterocycles. The molecule has 2 aromatic carbocycles. The van der Waals surface area contributed by atoms with Crippen LogP contribution in [0.3, 0.4) is 0 Å². The quantitative estimate of drug-likeness (QED) is 0.481. The van der Waals surface area contributed by atoms with Crippen LogP contribution in [0.15, 0.2) is 36.4 Å². The number of fused-ring (bicyclic) bond motifs is 1. The summed E-state index contributed by atoms with van der Waals surface area (Å²) in [6, 6.07) is 10.4. The Kier molecular flexibility index (Phi) is 6.82. The first kappa shape index (κ1) is 23.0. The number of methoxy groups -OCH3 is 1. The third-order valence-corrected chi connectivity index (χ3v) is 6.40. The van der Waals surface area contributed by atoms with E-state index in [9.17, 15) is 14.7 Å². The molecule has 0 aliphatic carbocycles. The Morgan fingerprint density at radius 2 is 1.74 bits per heavy atom. The largest absolute Gasteiger partial charge is 0.495 e. The Labute approximate surface area is 190 Å². The Hall–Kier alpha value is -2.70. The maximum atomic E-state index is 13.0. The summed E-state index contributed by atoms with van der Waals surface area (Å²) in [5, 5.41) is 13.6. The van der Waals surface area contributed by atoms with E-state index in [0.29, 0.717) is 33.3 Å². The molecular formula is C23H24Cl2N2O4. The van der Waals surface area contributed by atoms with E-state index in [1.807, 2.05) is 26.0 Å². The average Bonchev–Trinajstić information content (AvgIpc) is 3.08. The van der Waals surface area contributed by atoms with Crippen molar-refractivity contribution in [2.75, 3.05) is 7.11 Å². The summed E-state index contributed by atoms with van der Waals surface area (Å²) in [5.41, 5.74) is 2.78. The highest BCUT2D eigenvalue weighted by Gasteiger charge is 2.21. The zero-order valence-corrected chi connectivity index (χ0v) is 19.2. The average molecular weight is 463 g/mol. The van der Waals surface area contributed by atoms with Crippen LogP contribution >= 0.6 is 23.2 Å². The number of aliphatic carboxylic acids is 1. The fraction of sp³-hybridized carbons (Fsp3) is 0.304. The van der Waals surface area contributed by atoms with Crippen molar-refractivity contribution in [2.45, 2.75) is 32.2 Å². The fourth-order valence-electron chi connectivity index (χ4n) is 3.67. The van der Waals surface area contributed by atoms with Crippen LogP contribution in [0.5, 0.6) is 5.75 Å². The van der Waals surface area contributed by atoms with Gasteiger partial charge in [0.25, 0.3) is 5.91 Å². The number of hydrogen-bond acceptors (Lipinski definition) is 3. The van der Waals surface area contributed by atoms with Gasteiger partial charge in [-0.2, -0.15) is 0 Å². The van der Waals surface area contributed by atoms with E-state index in [-0.39, 0.29) is 11.9 Å². The number of aromatic nitrogens is 1. The van der Waals surface area contributed by atoms with Crippen LogP contribution in [0.25, 0.3) is 10.9 Å². The molecule has 1 heterocycles. The molecule has 0 saturated carbocycles. The van der Waals surface area contributed by atoms with E-state index in [0.717, 1.165) is 16.6 Å². The molecule has 0 fully saturated rings. The number of benzene rings is 2. The minimum absolute atomic E-state index is 0.265. The standard InChI is InChI=1S/C23H24Cl2N2O4/c1-5-15(23(29)30)14-8-6-13(7-9-14)12(2)26-22(28)18-10-16-17(27(18)3)11-19(31-4)21(25)20(16)24/h6-12,15H,5H2,1-4H3,(H,26,28)(H,29,30)/t12-,15?/m1/s1. The Morgan fingerprint density at radius 1 is 1.13 bits per heavy atom. The van der Waals surface area contributed by atoms with Crippen LogP contribution in [0.4, 0.5) is 0 Å². The molecule has 3 rings (SSSR count). The zero-order valence-electron chi connectivity index (χ0n) is 17.7. The molecule has 0 aliphatic rings. The third kappa shape index (κ3) is 4.36. The number of halogens is 2. The molecule has 6 nitrogen and oxygen atoms in total. The predicted octanol–water partition coefficient (Wildman–Crippen LogP) is 5.56. The second-order valence-electron chi connectivity index (χ2n) is 7.39. The van der Waals surface area contributed by atoms with E-state index in [1.165, 1.54) is 7.11 Å². The molecule has 3 aromatic rings. The molecule has 0 aliphatic heterocycles. The number of hydrogen-bond donors (Lipinski definition) is 2. The zero-order chi connectivity index (χ0) is 22.9. The minimum atomic E-state index is -0.845. The van der Waals surface area contributed by atoms with Crippen molar-refractivity contribution in [1.29, 1.82) is 0 Å². The lowest BCUT2D eigenvalue weighted by molar-refractivity contribution is -0.138. The Morgan fingerprint density at radius 3 is 2.29 bits per heavy atom. The van der Waals surface area contributed by atoms with Crippen LogP contribution in [-0.4, -0.2) is 28.7 Å². The van der Waals surface area contributed by atoms with Crippen molar-refractivity contribution >= 4 is 46.0 Å². The number of nitrogens with zero attached hydrogens (tertiary/aromatic N) is 1. The van der Waals surface area contributed by atoms with Gasteiger partial charge in [-0.25, -0.2) is 0 Å². The molecule has 164 valence electrons. The second kappa shape index (κ2) is 9.20. The first-order valence-electron chi connectivity index (χ1n) is 9.84. The van der Waals surface area contributed by atoms with E-state index in [1.54, 1.807) is 35.9 Å². The summed E-state index contributed by atoms with van der Waals surface area (Å²) >= 11 is 12.6. The summed E-state index contributed by atoms with van der Waals surface area (Å²) in [4.78, 5) is 24.3. The van der Waals surface area contributed by atoms with Gasteiger partial charge in [-0.15, -0.1) is 0 Å². The van der Waals surface area contributed by atoms with Gasteiger partial charge >= 0.3 is 5.97 Å². The Balaban J connectivity index is 1.84. The van der Waals surface area contributed by atoms with Gasteiger partial charge in [0.15, 0.2) is 0 Å². The van der Waals surface area contributed by atoms with Crippen LogP contribution in [-0.2, 0) is 11.8 Å². The lowest BCUT2D eigenvalue weighted by Gasteiger charge is -2.16. The van der Waals surface area contributed by atoms with Gasteiger partial charge in [0.05, 0.1) is 29.6 Å². The molecule has 0 spiro atoms. The molecule has 1 unspecified atom stereocenters. The molecule has 8 heteroatoms. The van der Waals surface area contributed by atoms with E-state index >= 15 is 0 Å². The number of amides is 1. The highest BCUT2D eigenvalue weighted by atomic mass is 35.5. The molecule has 0 saturated heterocycles. The maximum absolute atomic E-state index is 13.0. The number of carbonyl (C=O) groups is 2. The highest BCUT2D eigenvalue weighted by Crippen LogP contribution is 2.39. The summed E-state index contributed by atoms with van der Waals surface area (Å²) in [6.45, 7) is 3.71. The highest BCUT2D eigenvalue weighted by molar-refractivity contribution is 6.46. The van der Waals surface area contributed by atoms with Crippen LogP contribution in [0, 0.1) is 0 Å². The predicted molar refractivity (Wildman–Crippen MR) is 122 cm³/mol. The molecule has 0 bridgehead atoms. The topological polar surface area (TPSA) is 80.6 Å². The molecule has 31 heavy (non-hydrogen) atoms. The number of carboxylic acid groups (broad SMARTS) is 1. The smallest absolute Gasteiger partial charge is 0.310 e. The second-order valence-corrected chi connectivity index (χ2v) is 8.15. The van der Waals surface area contributed by atoms with Crippen molar-refractivity contribution in [1.82, 2.24) is 9.88 Å². The maximum Gasteiger partial charge on any atom is 0.310 e. The number of rotatable bonds is 7. The molecular weight excluding hydrogens is 439 g/mol. The number of nitrogens with one attached hydrogen (secondary N) is 1. The summed E-state index contributed by atoms with van der Waals surface area (Å²) in [5.74, 6) is -1.21. The number of carboxylic acids is 1. The van der Waals surface area contributed by atoms with E-state index < -0.39 is 11.9 Å². The normalized spacial score (nSPS) is 13.1. The lowest BCUT2D eigenvalue weighted by Crippen LogP contribution is -2.28. The van der Waals surface area contributed by atoms with Crippen molar-refractivity contribution in [3.8, 4) is 5.75 Å². The molecule has 2 N–H and O–H groups in total.